The quantitative estimate of drug-likeness (QED) is 0.753. The van der Waals surface area contributed by atoms with E-state index in [1.54, 1.807) is 0 Å². The van der Waals surface area contributed by atoms with E-state index in [4.69, 9.17) is 5.11 Å². The van der Waals surface area contributed by atoms with Gasteiger partial charge in [-0.1, -0.05) is 0 Å². The van der Waals surface area contributed by atoms with E-state index in [2.05, 4.69) is 5.32 Å². The number of carboxylic acid groups (broad SMARTS) is 1. The minimum Gasteiger partial charge on any atom is -0.481 e. The van der Waals surface area contributed by atoms with Crippen LogP contribution in [0.2, 0.25) is 0 Å². The van der Waals surface area contributed by atoms with Gasteiger partial charge in [0.1, 0.15) is 0 Å². The molecule has 98 valence electrons. The fourth-order valence-corrected chi connectivity index (χ4v) is 1.86. The van der Waals surface area contributed by atoms with E-state index in [0.717, 1.165) is 4.90 Å². The summed E-state index contributed by atoms with van der Waals surface area (Å²) < 4.78 is 26.2. The average molecular weight is 250 g/mol. The van der Waals surface area contributed by atoms with Gasteiger partial charge in [0.2, 0.25) is 5.91 Å². The van der Waals surface area contributed by atoms with Gasteiger partial charge in [-0.15, -0.1) is 0 Å². The summed E-state index contributed by atoms with van der Waals surface area (Å²) in [5.74, 6) is -4.58. The largest absolute Gasteiger partial charge is 0.481 e. The third kappa shape index (κ3) is 3.92. The third-order valence-corrected chi connectivity index (χ3v) is 2.73. The fraction of sp³-hybridized carbons (Fsp3) is 0.800. The Morgan fingerprint density at radius 1 is 1.53 bits per heavy atom. The summed E-state index contributed by atoms with van der Waals surface area (Å²) in [6, 6.07) is -0.943. The van der Waals surface area contributed by atoms with Crippen molar-refractivity contribution in [3.8, 4) is 0 Å². The predicted molar refractivity (Wildman–Crippen MR) is 55.9 cm³/mol. The maximum atomic E-state index is 13.1. The summed E-state index contributed by atoms with van der Waals surface area (Å²) in [5.41, 5.74) is 0. The first-order valence-corrected chi connectivity index (χ1v) is 5.41. The van der Waals surface area contributed by atoms with Crippen LogP contribution >= 0.6 is 0 Å². The number of hydrogen-bond acceptors (Lipinski definition) is 3. The summed E-state index contributed by atoms with van der Waals surface area (Å²) in [6.45, 7) is -0.365. The first kappa shape index (κ1) is 13.8. The number of carboxylic acids is 1. The smallest absolute Gasteiger partial charge is 0.305 e. The Morgan fingerprint density at radius 2 is 2.18 bits per heavy atom. The van der Waals surface area contributed by atoms with E-state index < -0.39 is 36.8 Å². The Kier molecular flexibility index (Phi) is 4.39. The lowest BCUT2D eigenvalue weighted by molar-refractivity contribution is -0.147. The van der Waals surface area contributed by atoms with Gasteiger partial charge in [-0.05, 0) is 13.5 Å². The number of carbonyl (C=O) groups is 2. The number of carbonyl (C=O) groups excluding carboxylic acids is 1. The van der Waals surface area contributed by atoms with Crippen LogP contribution in [-0.4, -0.2) is 54.0 Å². The number of piperidine rings is 1. The molecule has 0 aromatic rings. The standard InChI is InChI=1S/C10H16F2N2O3/c1-13-7(5-8(15)16)9(17)14-4-2-3-10(11,12)6-14/h7,13H,2-6H2,1H3,(H,15,16)/t7-/m0/s1. The molecule has 0 radical (unpaired) electrons. The number of rotatable bonds is 4. The summed E-state index contributed by atoms with van der Waals surface area (Å²) in [7, 11) is 1.44. The molecule has 1 aliphatic heterocycles. The first-order chi connectivity index (χ1) is 7.85. The van der Waals surface area contributed by atoms with E-state index in [0.29, 0.717) is 0 Å². The monoisotopic (exact) mass is 250 g/mol. The first-order valence-electron chi connectivity index (χ1n) is 5.41. The van der Waals surface area contributed by atoms with E-state index in [9.17, 15) is 18.4 Å². The second kappa shape index (κ2) is 5.39. The van der Waals surface area contributed by atoms with Crippen molar-refractivity contribution >= 4 is 11.9 Å². The van der Waals surface area contributed by atoms with Crippen LogP contribution in [0.4, 0.5) is 8.78 Å². The molecule has 1 aliphatic rings. The van der Waals surface area contributed by atoms with Gasteiger partial charge >= 0.3 is 5.97 Å². The van der Waals surface area contributed by atoms with Gasteiger partial charge in [0.25, 0.3) is 5.92 Å². The normalized spacial score (nSPS) is 21.0. The molecule has 2 N–H and O–H groups in total. The van der Waals surface area contributed by atoms with E-state index in [1.165, 1.54) is 7.05 Å². The van der Waals surface area contributed by atoms with E-state index >= 15 is 0 Å². The number of halogens is 2. The van der Waals surface area contributed by atoms with Crippen LogP contribution in [0.3, 0.4) is 0 Å². The number of nitrogens with one attached hydrogen (secondary N) is 1. The number of aliphatic carboxylic acids is 1. The van der Waals surface area contributed by atoms with Crippen LogP contribution in [0.25, 0.3) is 0 Å². The summed E-state index contributed by atoms with van der Waals surface area (Å²) in [6.07, 6.45) is -0.389. The predicted octanol–water partition coefficient (Wildman–Crippen LogP) is 0.307. The van der Waals surface area contributed by atoms with Gasteiger partial charge < -0.3 is 15.3 Å². The van der Waals surface area contributed by atoms with Gasteiger partial charge in [0.05, 0.1) is 19.0 Å². The number of likely N-dealkylation sites (tertiary alicyclic amines) is 1. The zero-order valence-corrected chi connectivity index (χ0v) is 9.58. The van der Waals surface area contributed by atoms with E-state index in [1.807, 2.05) is 0 Å². The summed E-state index contributed by atoms with van der Waals surface area (Å²) in [5, 5.41) is 11.1. The maximum absolute atomic E-state index is 13.1. The third-order valence-electron chi connectivity index (χ3n) is 2.73. The van der Waals surface area contributed by atoms with Crippen molar-refractivity contribution in [1.29, 1.82) is 0 Å². The Labute approximate surface area is 97.8 Å². The molecule has 1 heterocycles. The van der Waals surface area contributed by atoms with Crippen molar-refractivity contribution < 1.29 is 23.5 Å². The molecule has 1 rings (SSSR count). The highest BCUT2D eigenvalue weighted by atomic mass is 19.3. The lowest BCUT2D eigenvalue weighted by atomic mass is 10.1. The highest BCUT2D eigenvalue weighted by Crippen LogP contribution is 2.26. The molecule has 1 atom stereocenters. The second-order valence-corrected chi connectivity index (χ2v) is 4.16. The fourth-order valence-electron chi connectivity index (χ4n) is 1.86. The van der Waals surface area contributed by atoms with Gasteiger partial charge in [0.15, 0.2) is 0 Å². The molecular weight excluding hydrogens is 234 g/mol. The van der Waals surface area contributed by atoms with Gasteiger partial charge in [-0.3, -0.25) is 9.59 Å². The molecule has 0 aromatic carbocycles. The Bertz CT molecular complexity index is 310. The molecule has 7 heteroatoms. The average Bonchev–Trinajstić information content (AvgIpc) is 2.23. The molecular formula is C10H16F2N2O3. The number of amides is 1. The SMILES string of the molecule is CN[C@@H](CC(=O)O)C(=O)N1CCCC(F)(F)C1. The van der Waals surface area contributed by atoms with E-state index in [-0.39, 0.29) is 19.4 Å². The molecule has 1 saturated heterocycles. The van der Waals surface area contributed by atoms with Gasteiger partial charge in [0, 0.05) is 13.0 Å². The minimum absolute atomic E-state index is 0.222. The Morgan fingerprint density at radius 3 is 2.65 bits per heavy atom. The molecule has 0 unspecified atom stereocenters. The molecule has 5 nitrogen and oxygen atoms in total. The van der Waals surface area contributed by atoms with Crippen molar-refractivity contribution in [2.45, 2.75) is 31.2 Å². The van der Waals surface area contributed by atoms with Crippen molar-refractivity contribution in [2.75, 3.05) is 20.1 Å². The van der Waals surface area contributed by atoms with Crippen LogP contribution in [0.1, 0.15) is 19.3 Å². The Balaban J connectivity index is 2.64. The molecule has 0 aliphatic carbocycles. The zero-order valence-electron chi connectivity index (χ0n) is 9.58. The Hall–Kier alpha value is -1.24. The van der Waals surface area contributed by atoms with Crippen molar-refractivity contribution in [1.82, 2.24) is 10.2 Å². The van der Waals surface area contributed by atoms with Crippen LogP contribution in [0.5, 0.6) is 0 Å². The van der Waals surface area contributed by atoms with Crippen LogP contribution in [0.15, 0.2) is 0 Å². The second-order valence-electron chi connectivity index (χ2n) is 4.16. The van der Waals surface area contributed by atoms with Crippen molar-refractivity contribution in [2.24, 2.45) is 0 Å². The summed E-state index contributed by atoms with van der Waals surface area (Å²) in [4.78, 5) is 23.4. The molecule has 0 aromatic heterocycles. The lowest BCUT2D eigenvalue weighted by Crippen LogP contribution is -2.52. The molecule has 0 bridgehead atoms. The molecule has 1 fully saturated rings. The number of nitrogens with zero attached hydrogens (tertiary/aromatic N) is 1. The number of alkyl halides is 2. The summed E-state index contributed by atoms with van der Waals surface area (Å²) >= 11 is 0. The van der Waals surface area contributed by atoms with Crippen molar-refractivity contribution in [3.05, 3.63) is 0 Å². The van der Waals surface area contributed by atoms with Crippen LogP contribution < -0.4 is 5.32 Å². The highest BCUT2D eigenvalue weighted by molar-refractivity contribution is 5.86. The molecule has 17 heavy (non-hydrogen) atoms. The zero-order chi connectivity index (χ0) is 13.1. The van der Waals surface area contributed by atoms with Crippen LogP contribution in [0, 0.1) is 0 Å². The molecule has 1 amide bonds. The highest BCUT2D eigenvalue weighted by Gasteiger charge is 2.38. The van der Waals surface area contributed by atoms with Crippen LogP contribution in [-0.2, 0) is 9.59 Å². The van der Waals surface area contributed by atoms with Gasteiger partial charge in [-0.25, -0.2) is 8.78 Å². The maximum Gasteiger partial charge on any atom is 0.305 e. The van der Waals surface area contributed by atoms with Gasteiger partial charge in [-0.2, -0.15) is 0 Å². The number of hydrogen-bond donors (Lipinski definition) is 2. The topological polar surface area (TPSA) is 69.6 Å². The minimum atomic E-state index is -2.87. The van der Waals surface area contributed by atoms with Crippen molar-refractivity contribution in [3.63, 3.8) is 0 Å². The number of likely N-dealkylation sites (N-methyl/N-ethyl adjacent to an activating group) is 1. The molecule has 0 saturated carbocycles. The lowest BCUT2D eigenvalue weighted by Gasteiger charge is -2.34. The molecule has 0 spiro atoms.